The number of aromatic nitrogens is 2. The van der Waals surface area contributed by atoms with E-state index >= 15 is 0 Å². The highest BCUT2D eigenvalue weighted by atomic mass is 16.4. The zero-order valence-corrected chi connectivity index (χ0v) is 15.0. The molecule has 4 rings (SSSR count). The van der Waals surface area contributed by atoms with Gasteiger partial charge in [0.15, 0.2) is 11.5 Å². The van der Waals surface area contributed by atoms with Gasteiger partial charge in [0.1, 0.15) is 0 Å². The summed E-state index contributed by atoms with van der Waals surface area (Å²) in [5, 5.41) is 16.7. The van der Waals surface area contributed by atoms with Gasteiger partial charge >= 0.3 is 5.97 Å². The third-order valence-corrected chi connectivity index (χ3v) is 5.34. The number of aromatic carboxylic acids is 1. The molecule has 1 aliphatic heterocycles. The van der Waals surface area contributed by atoms with Gasteiger partial charge < -0.3 is 14.9 Å². The third kappa shape index (κ3) is 3.77. The zero-order valence-electron chi connectivity index (χ0n) is 15.0. The van der Waals surface area contributed by atoms with Crippen LogP contribution in [0.1, 0.15) is 34.8 Å². The van der Waals surface area contributed by atoms with Crippen molar-refractivity contribution in [1.29, 1.82) is 0 Å². The van der Waals surface area contributed by atoms with E-state index in [1.807, 2.05) is 23.1 Å². The second-order valence-electron chi connectivity index (χ2n) is 7.11. The molecular formula is C20H22N4O3. The minimum absolute atomic E-state index is 0.0638. The first-order chi connectivity index (χ1) is 13.1. The molecule has 7 nitrogen and oxygen atoms in total. The van der Waals surface area contributed by atoms with E-state index in [0.29, 0.717) is 24.8 Å². The maximum atomic E-state index is 12.9. The third-order valence-electron chi connectivity index (χ3n) is 5.34. The monoisotopic (exact) mass is 366 g/mol. The molecule has 2 atom stereocenters. The van der Waals surface area contributed by atoms with E-state index < -0.39 is 5.97 Å². The van der Waals surface area contributed by atoms with Crippen LogP contribution in [0.25, 0.3) is 0 Å². The van der Waals surface area contributed by atoms with Crippen LogP contribution in [0.5, 0.6) is 0 Å². The number of hydrogen-bond donors (Lipinski definition) is 1. The van der Waals surface area contributed by atoms with Crippen molar-refractivity contribution in [3.8, 4) is 0 Å². The summed E-state index contributed by atoms with van der Waals surface area (Å²) >= 11 is 0. The Bertz CT molecular complexity index is 825. The Labute approximate surface area is 157 Å². The maximum absolute atomic E-state index is 12.9. The number of anilines is 1. The number of carboxylic acids is 1. The molecule has 1 aliphatic carbocycles. The quantitative estimate of drug-likeness (QED) is 0.891. The van der Waals surface area contributed by atoms with E-state index in [4.69, 9.17) is 5.11 Å². The van der Waals surface area contributed by atoms with Crippen LogP contribution in [0, 0.1) is 5.92 Å². The van der Waals surface area contributed by atoms with Gasteiger partial charge in [-0.3, -0.25) is 4.79 Å². The molecule has 1 N–H and O–H groups in total. The van der Waals surface area contributed by atoms with Crippen LogP contribution in [0.2, 0.25) is 0 Å². The fourth-order valence-electron chi connectivity index (χ4n) is 3.75. The smallest absolute Gasteiger partial charge is 0.356 e. The molecule has 1 aromatic heterocycles. The number of rotatable bonds is 4. The molecule has 1 saturated heterocycles. The summed E-state index contributed by atoms with van der Waals surface area (Å²) in [5.74, 6) is 0.279. The molecule has 0 unspecified atom stereocenters. The minimum atomic E-state index is -1.08. The molecule has 2 aliphatic rings. The first kappa shape index (κ1) is 17.5. The van der Waals surface area contributed by atoms with Crippen molar-refractivity contribution in [3.63, 3.8) is 0 Å². The molecule has 0 bridgehead atoms. The Hall–Kier alpha value is -2.96. The van der Waals surface area contributed by atoms with E-state index in [1.165, 1.54) is 11.6 Å². The van der Waals surface area contributed by atoms with E-state index in [2.05, 4.69) is 27.2 Å². The molecule has 1 saturated carbocycles. The molecular weight excluding hydrogens is 344 g/mol. The number of carboxylic acid groups (broad SMARTS) is 1. The molecule has 0 radical (unpaired) electrons. The first-order valence-electron chi connectivity index (χ1n) is 9.29. The van der Waals surface area contributed by atoms with Gasteiger partial charge in [0.25, 0.3) is 0 Å². The summed E-state index contributed by atoms with van der Waals surface area (Å²) in [7, 11) is 0. The van der Waals surface area contributed by atoms with Gasteiger partial charge in [0.05, 0.1) is 0 Å². The summed E-state index contributed by atoms with van der Waals surface area (Å²) in [6.07, 6.45) is 1.79. The van der Waals surface area contributed by atoms with E-state index in [0.717, 1.165) is 25.9 Å². The summed E-state index contributed by atoms with van der Waals surface area (Å²) in [4.78, 5) is 27.8. The van der Waals surface area contributed by atoms with Crippen LogP contribution in [0.3, 0.4) is 0 Å². The molecule has 1 amide bonds. The molecule has 2 aromatic rings. The fraction of sp³-hybridized carbons (Fsp3) is 0.400. The predicted molar refractivity (Wildman–Crippen MR) is 99.7 cm³/mol. The number of nitrogens with zero attached hydrogens (tertiary/aromatic N) is 4. The van der Waals surface area contributed by atoms with Crippen LogP contribution in [0.4, 0.5) is 5.82 Å². The van der Waals surface area contributed by atoms with Gasteiger partial charge in [-0.05, 0) is 36.5 Å². The fourth-order valence-corrected chi connectivity index (χ4v) is 3.75. The Morgan fingerprint density at radius 1 is 0.963 bits per heavy atom. The van der Waals surface area contributed by atoms with Gasteiger partial charge in [0, 0.05) is 32.1 Å². The highest BCUT2D eigenvalue weighted by Gasteiger charge is 2.45. The van der Waals surface area contributed by atoms with Crippen molar-refractivity contribution < 1.29 is 14.7 Å². The molecule has 2 heterocycles. The first-order valence-corrected chi connectivity index (χ1v) is 9.29. The second kappa shape index (κ2) is 7.34. The van der Waals surface area contributed by atoms with Crippen LogP contribution < -0.4 is 4.90 Å². The van der Waals surface area contributed by atoms with Gasteiger partial charge in [-0.15, -0.1) is 10.2 Å². The average Bonchev–Trinajstić information content (AvgIpc) is 3.52. The van der Waals surface area contributed by atoms with E-state index in [9.17, 15) is 9.59 Å². The molecule has 1 aromatic carbocycles. The lowest BCUT2D eigenvalue weighted by atomic mass is 10.1. The van der Waals surface area contributed by atoms with Crippen molar-refractivity contribution in [2.45, 2.75) is 18.8 Å². The minimum Gasteiger partial charge on any atom is -0.476 e. The van der Waals surface area contributed by atoms with Gasteiger partial charge in [0.2, 0.25) is 5.91 Å². The van der Waals surface area contributed by atoms with Gasteiger partial charge in [-0.25, -0.2) is 4.79 Å². The Morgan fingerprint density at radius 2 is 1.78 bits per heavy atom. The van der Waals surface area contributed by atoms with Crippen LogP contribution in [-0.2, 0) is 4.79 Å². The normalized spacial score (nSPS) is 22.2. The van der Waals surface area contributed by atoms with Crippen LogP contribution >= 0.6 is 0 Å². The predicted octanol–water partition coefficient (Wildman–Crippen LogP) is 2.02. The molecule has 7 heteroatoms. The SMILES string of the molecule is O=C(O)c1ccc(N2CCCN(C(=O)[C@@H]3C[C@H]3c3ccccc3)CC2)nn1. The Morgan fingerprint density at radius 3 is 2.48 bits per heavy atom. The van der Waals surface area contributed by atoms with Crippen molar-refractivity contribution in [2.24, 2.45) is 5.92 Å². The van der Waals surface area contributed by atoms with E-state index in [1.54, 1.807) is 6.07 Å². The highest BCUT2D eigenvalue weighted by Crippen LogP contribution is 2.48. The van der Waals surface area contributed by atoms with E-state index in [-0.39, 0.29) is 17.5 Å². The van der Waals surface area contributed by atoms with Gasteiger partial charge in [-0.2, -0.15) is 0 Å². The average molecular weight is 366 g/mol. The standard InChI is InChI=1S/C20H22N4O3/c25-19(16-13-15(16)14-5-2-1-3-6-14)24-10-4-9-23(11-12-24)18-8-7-17(20(26)27)21-22-18/h1-3,5-8,15-16H,4,9-13H2,(H,26,27)/t15-,16+/m0/s1. The van der Waals surface area contributed by atoms with Crippen LogP contribution in [-0.4, -0.2) is 58.3 Å². The number of carbonyl (C=O) groups excluding carboxylic acids is 1. The van der Waals surface area contributed by atoms with Crippen molar-refractivity contribution >= 4 is 17.7 Å². The lowest BCUT2D eigenvalue weighted by Gasteiger charge is -2.22. The van der Waals surface area contributed by atoms with Crippen LogP contribution in [0.15, 0.2) is 42.5 Å². The Balaban J connectivity index is 1.36. The molecule has 140 valence electrons. The van der Waals surface area contributed by atoms with Gasteiger partial charge in [-0.1, -0.05) is 30.3 Å². The Kier molecular flexibility index (Phi) is 4.75. The lowest BCUT2D eigenvalue weighted by Crippen LogP contribution is -2.36. The topological polar surface area (TPSA) is 86.6 Å². The van der Waals surface area contributed by atoms with Crippen molar-refractivity contribution in [3.05, 3.63) is 53.7 Å². The zero-order chi connectivity index (χ0) is 18.8. The number of carbonyl (C=O) groups is 2. The summed E-state index contributed by atoms with van der Waals surface area (Å²) < 4.78 is 0. The summed E-state index contributed by atoms with van der Waals surface area (Å²) in [5.41, 5.74) is 1.19. The summed E-state index contributed by atoms with van der Waals surface area (Å²) in [6, 6.07) is 13.4. The number of hydrogen-bond acceptors (Lipinski definition) is 5. The number of amides is 1. The molecule has 2 fully saturated rings. The van der Waals surface area contributed by atoms with Crippen molar-refractivity contribution in [1.82, 2.24) is 15.1 Å². The highest BCUT2D eigenvalue weighted by molar-refractivity contribution is 5.85. The van der Waals surface area contributed by atoms with Crippen molar-refractivity contribution in [2.75, 3.05) is 31.1 Å². The lowest BCUT2D eigenvalue weighted by molar-refractivity contribution is -0.132. The number of benzene rings is 1. The molecule has 0 spiro atoms. The molecule has 27 heavy (non-hydrogen) atoms. The largest absolute Gasteiger partial charge is 0.476 e. The maximum Gasteiger partial charge on any atom is 0.356 e. The summed E-state index contributed by atoms with van der Waals surface area (Å²) in [6.45, 7) is 2.85. The second-order valence-corrected chi connectivity index (χ2v) is 7.11.